The quantitative estimate of drug-likeness (QED) is 0.765. The van der Waals surface area contributed by atoms with Gasteiger partial charge in [-0.15, -0.1) is 0 Å². The van der Waals surface area contributed by atoms with Crippen molar-refractivity contribution in [1.82, 2.24) is 0 Å². The molecule has 2 unspecified atom stereocenters. The van der Waals surface area contributed by atoms with Gasteiger partial charge < -0.3 is 14.6 Å². The molecule has 1 saturated heterocycles. The van der Waals surface area contributed by atoms with Crippen LogP contribution in [0.2, 0.25) is 0 Å². The second-order valence-corrected chi connectivity index (χ2v) is 5.23. The van der Waals surface area contributed by atoms with Crippen molar-refractivity contribution in [2.75, 3.05) is 6.61 Å². The summed E-state index contributed by atoms with van der Waals surface area (Å²) in [6, 6.07) is 0. The van der Waals surface area contributed by atoms with Gasteiger partial charge in [-0.1, -0.05) is 13.8 Å². The highest BCUT2D eigenvalue weighted by Crippen LogP contribution is 2.36. The minimum Gasteiger partial charge on any atom is -0.346 e. The molecule has 88 valence electrons. The second-order valence-electron chi connectivity index (χ2n) is 5.23. The molecule has 0 spiro atoms. The average molecular weight is 214 g/mol. The van der Waals surface area contributed by atoms with Crippen LogP contribution in [0.15, 0.2) is 0 Å². The Morgan fingerprint density at radius 2 is 1.80 bits per heavy atom. The van der Waals surface area contributed by atoms with E-state index in [2.05, 4.69) is 13.8 Å². The van der Waals surface area contributed by atoms with Gasteiger partial charge in [-0.2, -0.15) is 0 Å². The molecule has 15 heavy (non-hydrogen) atoms. The van der Waals surface area contributed by atoms with Crippen LogP contribution in [0.1, 0.15) is 39.5 Å². The molecule has 1 saturated carbocycles. The molecule has 3 heteroatoms. The molecular formula is C12H22O3. The van der Waals surface area contributed by atoms with Gasteiger partial charge in [0, 0.05) is 0 Å². The Morgan fingerprint density at radius 3 is 2.27 bits per heavy atom. The highest BCUT2D eigenvalue weighted by molar-refractivity contribution is 4.80. The summed E-state index contributed by atoms with van der Waals surface area (Å²) in [6.45, 7) is 4.21. The Labute approximate surface area is 91.8 Å². The predicted octanol–water partition coefficient (Wildman–Crippen LogP) is 2.14. The van der Waals surface area contributed by atoms with Crippen LogP contribution < -0.4 is 0 Å². The van der Waals surface area contributed by atoms with Crippen molar-refractivity contribution in [2.24, 2.45) is 17.8 Å². The average Bonchev–Trinajstić information content (AvgIpc) is 2.65. The van der Waals surface area contributed by atoms with Gasteiger partial charge in [-0.3, -0.25) is 0 Å². The number of ether oxygens (including phenoxy) is 2. The van der Waals surface area contributed by atoms with E-state index in [0.29, 0.717) is 12.5 Å². The van der Waals surface area contributed by atoms with Gasteiger partial charge in [0.15, 0.2) is 0 Å². The summed E-state index contributed by atoms with van der Waals surface area (Å²) in [5, 5.41) is 9.13. The zero-order valence-electron chi connectivity index (χ0n) is 9.69. The lowest BCUT2D eigenvalue weighted by Crippen LogP contribution is -2.29. The van der Waals surface area contributed by atoms with Crippen LogP contribution in [0.5, 0.6) is 0 Å². The van der Waals surface area contributed by atoms with Crippen molar-refractivity contribution in [1.29, 1.82) is 0 Å². The Bertz CT molecular complexity index is 197. The molecule has 2 atom stereocenters. The third-order valence-electron chi connectivity index (χ3n) is 3.98. The van der Waals surface area contributed by atoms with E-state index in [1.165, 1.54) is 25.7 Å². The lowest BCUT2D eigenvalue weighted by Gasteiger charge is -2.32. The van der Waals surface area contributed by atoms with Crippen molar-refractivity contribution >= 4 is 0 Å². The van der Waals surface area contributed by atoms with E-state index in [1.54, 1.807) is 0 Å². The summed E-state index contributed by atoms with van der Waals surface area (Å²) in [7, 11) is 0. The maximum absolute atomic E-state index is 9.13. The van der Waals surface area contributed by atoms with E-state index in [-0.39, 0.29) is 6.10 Å². The fraction of sp³-hybridized carbons (Fsp3) is 1.00. The van der Waals surface area contributed by atoms with Crippen LogP contribution in [0.4, 0.5) is 0 Å². The number of hydrogen-bond acceptors (Lipinski definition) is 3. The molecule has 0 amide bonds. The summed E-state index contributed by atoms with van der Waals surface area (Å²) in [5.41, 5.74) is 0. The second kappa shape index (κ2) is 4.81. The molecule has 3 nitrogen and oxygen atoms in total. The van der Waals surface area contributed by atoms with Gasteiger partial charge in [0.25, 0.3) is 6.48 Å². The summed E-state index contributed by atoms with van der Waals surface area (Å²) in [6.07, 6.45) is 5.19. The molecule has 0 bridgehead atoms. The molecule has 0 aromatic rings. The molecule has 2 fully saturated rings. The minimum atomic E-state index is -0.974. The lowest BCUT2D eigenvalue weighted by molar-refractivity contribution is -0.209. The Balaban J connectivity index is 1.78. The van der Waals surface area contributed by atoms with Crippen molar-refractivity contribution in [3.63, 3.8) is 0 Å². The minimum absolute atomic E-state index is 0.133. The van der Waals surface area contributed by atoms with Crippen LogP contribution in [0, 0.1) is 17.8 Å². The summed E-state index contributed by atoms with van der Waals surface area (Å²) in [5.74, 6) is 2.28. The van der Waals surface area contributed by atoms with E-state index >= 15 is 0 Å². The molecule has 1 aliphatic carbocycles. The summed E-state index contributed by atoms with van der Waals surface area (Å²) < 4.78 is 10.4. The molecule has 0 aromatic carbocycles. The molecule has 1 N–H and O–H groups in total. The van der Waals surface area contributed by atoms with Gasteiger partial charge >= 0.3 is 0 Å². The molecule has 0 aromatic heterocycles. The highest BCUT2D eigenvalue weighted by Gasteiger charge is 2.34. The van der Waals surface area contributed by atoms with Gasteiger partial charge in [-0.25, -0.2) is 0 Å². The molecule has 1 aliphatic heterocycles. The third-order valence-corrected chi connectivity index (χ3v) is 3.98. The van der Waals surface area contributed by atoms with Gasteiger partial charge in [-0.05, 0) is 43.4 Å². The molecule has 1 heterocycles. The van der Waals surface area contributed by atoms with E-state index in [4.69, 9.17) is 14.6 Å². The van der Waals surface area contributed by atoms with Crippen LogP contribution in [0.3, 0.4) is 0 Å². The van der Waals surface area contributed by atoms with Crippen LogP contribution in [-0.2, 0) is 9.47 Å². The Kier molecular flexibility index (Phi) is 3.65. The van der Waals surface area contributed by atoms with E-state index in [0.717, 1.165) is 11.8 Å². The van der Waals surface area contributed by atoms with Crippen LogP contribution >= 0.6 is 0 Å². The smallest absolute Gasteiger partial charge is 0.269 e. The predicted molar refractivity (Wildman–Crippen MR) is 57.1 cm³/mol. The SMILES string of the molecule is CC(C)C1CCC(C2COC(O)O2)CC1. The van der Waals surface area contributed by atoms with Crippen molar-refractivity contribution in [2.45, 2.75) is 52.1 Å². The monoisotopic (exact) mass is 214 g/mol. The lowest BCUT2D eigenvalue weighted by atomic mass is 9.75. The first-order valence-corrected chi connectivity index (χ1v) is 6.12. The van der Waals surface area contributed by atoms with E-state index in [9.17, 15) is 0 Å². The largest absolute Gasteiger partial charge is 0.346 e. The Hall–Kier alpha value is -0.120. The molecule has 2 aliphatic rings. The fourth-order valence-electron chi connectivity index (χ4n) is 2.84. The summed E-state index contributed by atoms with van der Waals surface area (Å²) in [4.78, 5) is 0. The zero-order chi connectivity index (χ0) is 10.8. The highest BCUT2D eigenvalue weighted by atomic mass is 16.8. The Morgan fingerprint density at radius 1 is 1.13 bits per heavy atom. The van der Waals surface area contributed by atoms with Crippen molar-refractivity contribution in [3.8, 4) is 0 Å². The topological polar surface area (TPSA) is 38.7 Å². The number of rotatable bonds is 2. The van der Waals surface area contributed by atoms with Crippen LogP contribution in [-0.4, -0.2) is 24.3 Å². The molecular weight excluding hydrogens is 192 g/mol. The van der Waals surface area contributed by atoms with Gasteiger partial charge in [0.1, 0.15) is 0 Å². The maximum atomic E-state index is 9.13. The molecule has 0 radical (unpaired) electrons. The molecule has 2 rings (SSSR count). The fourth-order valence-corrected chi connectivity index (χ4v) is 2.84. The standard InChI is InChI=1S/C12H22O3/c1-8(2)9-3-5-10(6-4-9)11-7-14-12(13)15-11/h8-13H,3-7H2,1-2H3. The van der Waals surface area contributed by atoms with E-state index in [1.807, 2.05) is 0 Å². The first kappa shape index (κ1) is 11.4. The van der Waals surface area contributed by atoms with Gasteiger partial charge in [0.2, 0.25) is 0 Å². The summed E-state index contributed by atoms with van der Waals surface area (Å²) >= 11 is 0. The first-order valence-electron chi connectivity index (χ1n) is 6.12. The first-order chi connectivity index (χ1) is 7.16. The maximum Gasteiger partial charge on any atom is 0.269 e. The third kappa shape index (κ3) is 2.71. The van der Waals surface area contributed by atoms with Crippen molar-refractivity contribution in [3.05, 3.63) is 0 Å². The zero-order valence-corrected chi connectivity index (χ0v) is 9.69. The normalized spacial score (nSPS) is 42.4. The van der Waals surface area contributed by atoms with Crippen LogP contribution in [0.25, 0.3) is 0 Å². The number of aliphatic hydroxyl groups excluding tert-OH is 1. The van der Waals surface area contributed by atoms with Crippen molar-refractivity contribution < 1.29 is 14.6 Å². The van der Waals surface area contributed by atoms with E-state index < -0.39 is 6.48 Å². The van der Waals surface area contributed by atoms with Gasteiger partial charge in [0.05, 0.1) is 12.7 Å². The number of aliphatic hydroxyl groups is 1. The number of hydrogen-bond donors (Lipinski definition) is 1.